The van der Waals surface area contributed by atoms with Gasteiger partial charge in [0.25, 0.3) is 0 Å². The molecule has 5 amide bonds. The maximum Gasteiger partial charge on any atom is 0.243 e. The number of carbonyl (C=O) groups is 5. The number of fused-ring (bicyclic) bond motifs is 5. The highest BCUT2D eigenvalue weighted by atomic mass is 16.3. The van der Waals surface area contributed by atoms with E-state index in [2.05, 4.69) is 53.2 Å². The van der Waals surface area contributed by atoms with Crippen LogP contribution in [0.15, 0.2) is 42.5 Å². The van der Waals surface area contributed by atoms with E-state index in [0.29, 0.717) is 50.9 Å². The van der Waals surface area contributed by atoms with E-state index in [4.69, 9.17) is 0 Å². The van der Waals surface area contributed by atoms with Gasteiger partial charge in [0.2, 0.25) is 29.5 Å². The lowest BCUT2D eigenvalue weighted by molar-refractivity contribution is -0.133. The van der Waals surface area contributed by atoms with Gasteiger partial charge in [-0.1, -0.05) is 30.3 Å². The SMILES string of the molecule is CNCCC[C@@H](CNC(=O)[C@H](CCCNC(=O)CNC(=O)[C@@H]1Cc2cccc(c2)-c2ccc(O)c(c2)C[C@H](NC)C(=O)N[C@@H](CCCNC)C(=O)N1)NC)NC. The Kier molecular flexibility index (Phi) is 20.3. The summed E-state index contributed by atoms with van der Waals surface area (Å²) < 4.78 is 0. The third kappa shape index (κ3) is 15.1. The van der Waals surface area contributed by atoms with Crippen molar-refractivity contribution in [2.75, 3.05) is 68.0 Å². The van der Waals surface area contributed by atoms with E-state index >= 15 is 0 Å². The van der Waals surface area contributed by atoms with E-state index < -0.39 is 47.8 Å². The molecule has 5 atom stereocenters. The quantitative estimate of drug-likeness (QED) is 0.0691. The highest BCUT2D eigenvalue weighted by Crippen LogP contribution is 2.28. The van der Waals surface area contributed by atoms with Crippen molar-refractivity contribution in [3.8, 4) is 16.9 Å². The second-order valence-corrected chi connectivity index (χ2v) is 14.2. The minimum atomic E-state index is -1.06. The number of hydrogen-bond donors (Lipinski definition) is 11. The highest BCUT2D eigenvalue weighted by Gasteiger charge is 2.30. The first-order chi connectivity index (χ1) is 27.0. The predicted octanol–water partition coefficient (Wildman–Crippen LogP) is -0.981. The molecule has 0 unspecified atom stereocenters. The van der Waals surface area contributed by atoms with Crippen LogP contribution in [-0.4, -0.2) is 133 Å². The van der Waals surface area contributed by atoms with Gasteiger partial charge >= 0.3 is 0 Å². The zero-order valence-corrected chi connectivity index (χ0v) is 33.6. The molecular weight excluding hydrogens is 717 g/mol. The Hall–Kier alpha value is -4.61. The van der Waals surface area contributed by atoms with Crippen molar-refractivity contribution in [2.24, 2.45) is 0 Å². The molecule has 1 heterocycles. The highest BCUT2D eigenvalue weighted by molar-refractivity contribution is 5.94. The number of benzene rings is 2. The van der Waals surface area contributed by atoms with Crippen LogP contribution >= 0.6 is 0 Å². The number of carbonyl (C=O) groups excluding carboxylic acids is 5. The molecule has 16 nitrogen and oxygen atoms in total. The van der Waals surface area contributed by atoms with E-state index in [-0.39, 0.29) is 37.1 Å². The minimum absolute atomic E-state index is 0.0566. The number of rotatable bonds is 21. The molecule has 0 radical (unpaired) electrons. The fraction of sp³-hybridized carbons (Fsp3) is 0.575. The lowest BCUT2D eigenvalue weighted by Gasteiger charge is -2.25. The number of nitrogens with one attached hydrogen (secondary N) is 10. The van der Waals surface area contributed by atoms with Crippen LogP contribution in [-0.2, 0) is 36.8 Å². The zero-order chi connectivity index (χ0) is 40.9. The van der Waals surface area contributed by atoms with Gasteiger partial charge in [0, 0.05) is 32.0 Å². The van der Waals surface area contributed by atoms with E-state index in [1.54, 1.807) is 33.3 Å². The van der Waals surface area contributed by atoms with Gasteiger partial charge in [0.1, 0.15) is 17.8 Å². The van der Waals surface area contributed by atoms with Gasteiger partial charge in [-0.05, 0) is 121 Å². The third-order valence-electron chi connectivity index (χ3n) is 10.0. The maximum atomic E-state index is 13.8. The lowest BCUT2D eigenvalue weighted by atomic mass is 9.96. The number of aromatic hydroxyl groups is 1. The number of likely N-dealkylation sites (N-methyl/N-ethyl adjacent to an activating group) is 3. The lowest BCUT2D eigenvalue weighted by Crippen LogP contribution is -2.57. The Morgan fingerprint density at radius 2 is 1.52 bits per heavy atom. The summed E-state index contributed by atoms with van der Waals surface area (Å²) in [6, 6.07) is 9.75. The second-order valence-electron chi connectivity index (χ2n) is 14.2. The third-order valence-corrected chi connectivity index (χ3v) is 10.0. The average molecular weight is 781 g/mol. The van der Waals surface area contributed by atoms with Crippen LogP contribution in [0.25, 0.3) is 11.1 Å². The average Bonchev–Trinajstić information content (AvgIpc) is 3.19. The van der Waals surface area contributed by atoms with Gasteiger partial charge < -0.3 is 58.3 Å². The van der Waals surface area contributed by atoms with Crippen molar-refractivity contribution in [1.82, 2.24) is 53.2 Å². The summed E-state index contributed by atoms with van der Waals surface area (Å²) in [6.45, 7) is 2.02. The van der Waals surface area contributed by atoms with Gasteiger partial charge in [-0.2, -0.15) is 0 Å². The van der Waals surface area contributed by atoms with Crippen LogP contribution in [0.2, 0.25) is 0 Å². The zero-order valence-electron chi connectivity index (χ0n) is 33.6. The van der Waals surface area contributed by atoms with Crippen LogP contribution in [0.1, 0.15) is 49.7 Å². The summed E-state index contributed by atoms with van der Waals surface area (Å²) in [5.74, 6) is -1.96. The summed E-state index contributed by atoms with van der Waals surface area (Å²) in [4.78, 5) is 66.6. The summed E-state index contributed by atoms with van der Waals surface area (Å²) in [7, 11) is 8.96. The molecule has 0 aromatic heterocycles. The number of phenolic OH excluding ortho intramolecular Hbond substituents is 1. The molecule has 16 heteroatoms. The summed E-state index contributed by atoms with van der Waals surface area (Å²) in [5, 5.41) is 40.3. The fourth-order valence-corrected chi connectivity index (χ4v) is 6.61. The Morgan fingerprint density at radius 1 is 0.786 bits per heavy atom. The number of phenols is 1. The van der Waals surface area contributed by atoms with Gasteiger partial charge in [0.05, 0.1) is 18.6 Å². The van der Waals surface area contributed by atoms with E-state index in [1.807, 2.05) is 44.4 Å². The number of hydrogen-bond acceptors (Lipinski definition) is 11. The minimum Gasteiger partial charge on any atom is -0.508 e. The molecule has 0 saturated carbocycles. The summed E-state index contributed by atoms with van der Waals surface area (Å²) in [6.07, 6.45) is 4.14. The Balaban J connectivity index is 1.67. The first kappa shape index (κ1) is 45.8. The normalized spacial score (nSPS) is 18.3. The molecule has 1 aliphatic heterocycles. The fourth-order valence-electron chi connectivity index (χ4n) is 6.61. The molecule has 56 heavy (non-hydrogen) atoms. The van der Waals surface area contributed by atoms with E-state index in [0.717, 1.165) is 36.1 Å². The molecule has 4 bridgehead atoms. The van der Waals surface area contributed by atoms with Crippen molar-refractivity contribution < 1.29 is 29.1 Å². The standard InChI is InChI=1S/C40H64N10O6/c1-41-17-7-12-30(43-3)24-47-37(53)31(44-4)13-9-19-46-36(52)25-48-38(54)34-21-26-10-6-11-27(20-26)28-15-16-35(51)29(22-28)23-33(45-5)40(56)49-32(39(55)50-34)14-8-18-42-2/h6,10-11,15-16,20,22,30-34,41-45,51H,7-9,12-14,17-19,21,23-25H2,1-5H3,(H,46,52)(H,47,53)(H,48,54)(H,49,56)(H,50,55)/t30-,31-,32-,33-,34-/m0/s1. The van der Waals surface area contributed by atoms with Crippen molar-refractivity contribution in [3.63, 3.8) is 0 Å². The largest absolute Gasteiger partial charge is 0.508 e. The van der Waals surface area contributed by atoms with Crippen molar-refractivity contribution in [2.45, 2.75) is 81.6 Å². The van der Waals surface area contributed by atoms with Gasteiger partial charge in [-0.25, -0.2) is 0 Å². The number of amides is 5. The van der Waals surface area contributed by atoms with E-state index in [9.17, 15) is 29.1 Å². The Bertz CT molecular complexity index is 1580. The molecule has 0 aliphatic carbocycles. The van der Waals surface area contributed by atoms with Gasteiger partial charge in [-0.15, -0.1) is 0 Å². The first-order valence-corrected chi connectivity index (χ1v) is 19.7. The van der Waals surface area contributed by atoms with Crippen LogP contribution < -0.4 is 53.2 Å². The molecule has 0 saturated heterocycles. The smallest absolute Gasteiger partial charge is 0.243 e. The second kappa shape index (κ2) is 24.8. The monoisotopic (exact) mass is 781 g/mol. The molecule has 2 aromatic carbocycles. The van der Waals surface area contributed by atoms with Crippen molar-refractivity contribution in [1.29, 1.82) is 0 Å². The van der Waals surface area contributed by atoms with Crippen LogP contribution in [0.3, 0.4) is 0 Å². The van der Waals surface area contributed by atoms with Crippen LogP contribution in [0.4, 0.5) is 0 Å². The molecule has 3 rings (SSSR count). The van der Waals surface area contributed by atoms with Crippen molar-refractivity contribution in [3.05, 3.63) is 53.6 Å². The first-order valence-electron chi connectivity index (χ1n) is 19.7. The van der Waals surface area contributed by atoms with Gasteiger partial charge in [-0.3, -0.25) is 24.0 Å². The molecule has 1 aliphatic rings. The molecular formula is C40H64N10O6. The Morgan fingerprint density at radius 3 is 2.23 bits per heavy atom. The molecule has 310 valence electrons. The molecule has 2 aromatic rings. The van der Waals surface area contributed by atoms with Crippen LogP contribution in [0, 0.1) is 0 Å². The predicted molar refractivity (Wildman–Crippen MR) is 218 cm³/mol. The van der Waals surface area contributed by atoms with Crippen LogP contribution in [0.5, 0.6) is 5.75 Å². The Labute approximate surface area is 331 Å². The van der Waals surface area contributed by atoms with E-state index in [1.165, 1.54) is 0 Å². The van der Waals surface area contributed by atoms with Gasteiger partial charge in [0.15, 0.2) is 0 Å². The molecule has 0 fully saturated rings. The van der Waals surface area contributed by atoms with Crippen molar-refractivity contribution >= 4 is 29.5 Å². The maximum absolute atomic E-state index is 13.8. The topological polar surface area (TPSA) is 226 Å². The molecule has 11 N–H and O–H groups in total. The summed E-state index contributed by atoms with van der Waals surface area (Å²) >= 11 is 0. The summed E-state index contributed by atoms with van der Waals surface area (Å²) in [5.41, 5.74) is 2.98. The molecule has 0 spiro atoms.